The predicted molar refractivity (Wildman–Crippen MR) is 175 cm³/mol. The molecule has 10 nitrogen and oxygen atoms in total. The molecule has 0 atom stereocenters. The minimum Gasteiger partial charge on any atom is -0.462 e. The molecule has 238 valence electrons. The molecule has 0 spiro atoms. The van der Waals surface area contributed by atoms with Crippen LogP contribution in [0.15, 0.2) is 108 Å². The van der Waals surface area contributed by atoms with Crippen molar-refractivity contribution in [1.29, 1.82) is 0 Å². The summed E-state index contributed by atoms with van der Waals surface area (Å²) in [6.07, 6.45) is -0.200. The van der Waals surface area contributed by atoms with Gasteiger partial charge in [0, 0.05) is 11.1 Å². The van der Waals surface area contributed by atoms with Gasteiger partial charge in [0.25, 0.3) is 0 Å². The number of benzene rings is 3. The molecule has 0 saturated carbocycles. The number of carbonyl (C=O) groups is 4. The molecule has 0 aliphatic rings. The quantitative estimate of drug-likeness (QED) is 0.0707. The van der Waals surface area contributed by atoms with Gasteiger partial charge in [-0.25, -0.2) is 14.6 Å². The van der Waals surface area contributed by atoms with Crippen LogP contribution in [0.1, 0.15) is 33.6 Å². The first-order chi connectivity index (χ1) is 21.8. The Morgan fingerprint density at radius 2 is 1.00 bits per heavy atom. The highest BCUT2D eigenvalue weighted by atomic mass is 16.6. The van der Waals surface area contributed by atoms with Crippen LogP contribution >= 0.6 is 0 Å². The lowest BCUT2D eigenvalue weighted by Gasteiger charge is -2.11. The van der Waals surface area contributed by atoms with Crippen molar-refractivity contribution >= 4 is 35.4 Å². The Labute approximate surface area is 267 Å². The molecule has 0 heterocycles. The van der Waals surface area contributed by atoms with Crippen molar-refractivity contribution in [2.24, 2.45) is 10.7 Å². The Bertz CT molecular complexity index is 1580. The second-order valence-electron chi connectivity index (χ2n) is 10.4. The number of carbonyl (C=O) groups excluding carboxylic acids is 4. The Kier molecular flexibility index (Phi) is 12.3. The zero-order valence-corrected chi connectivity index (χ0v) is 26.1. The molecule has 3 aromatic carbocycles. The second kappa shape index (κ2) is 16.3. The maximum Gasteiger partial charge on any atom is 0.333 e. The summed E-state index contributed by atoms with van der Waals surface area (Å²) in [6.45, 7) is 15.4. The van der Waals surface area contributed by atoms with Crippen LogP contribution in [0, 0.1) is 0 Å². The number of amidine groups is 1. The molecule has 0 fully saturated rings. The Morgan fingerprint density at radius 3 is 1.35 bits per heavy atom. The average molecular weight is 625 g/mol. The standard InChI is InChI=1S/C36H36N2O8/c1-22(2)34(37)38-29-20-27(25-7-11-30(12-8-25)45-32(39)15-17-43-35(41)23(3)4)19-28(21-29)26-9-13-31(14-10-26)46-33(40)16-18-44-36(42)24(5)6/h7-14,19-21H,1,3,5,15-18H2,2,4,6H3,(H2,37,38). The number of nitrogens with zero attached hydrogens (tertiary/aromatic N) is 1. The SMILES string of the molecule is C=C(C)C(=O)OCCC(=O)Oc1ccc(-c2cc(N=C(N)C(=C)C)cc(-c3ccc(OC(=O)CCOC(=O)C(=C)C)cc3)c2)cc1. The minimum absolute atomic E-state index is 0.100. The summed E-state index contributed by atoms with van der Waals surface area (Å²) in [7, 11) is 0. The maximum absolute atomic E-state index is 12.2. The van der Waals surface area contributed by atoms with E-state index in [0.29, 0.717) is 22.8 Å². The lowest BCUT2D eigenvalue weighted by atomic mass is 9.98. The molecule has 3 aromatic rings. The third-order valence-corrected chi connectivity index (χ3v) is 6.22. The summed E-state index contributed by atoms with van der Waals surface area (Å²) in [5, 5.41) is 0. The van der Waals surface area contributed by atoms with Gasteiger partial charge >= 0.3 is 23.9 Å². The maximum atomic E-state index is 12.2. The zero-order valence-electron chi connectivity index (χ0n) is 26.1. The van der Waals surface area contributed by atoms with Gasteiger partial charge in [0.05, 0.1) is 18.5 Å². The van der Waals surface area contributed by atoms with E-state index < -0.39 is 23.9 Å². The normalized spacial score (nSPS) is 10.8. The molecule has 0 aromatic heterocycles. The third kappa shape index (κ3) is 10.7. The van der Waals surface area contributed by atoms with Gasteiger partial charge in [-0.15, -0.1) is 0 Å². The first-order valence-electron chi connectivity index (χ1n) is 14.2. The van der Waals surface area contributed by atoms with E-state index in [1.54, 1.807) is 55.5 Å². The van der Waals surface area contributed by atoms with Gasteiger partial charge in [-0.2, -0.15) is 0 Å². The van der Waals surface area contributed by atoms with Gasteiger partial charge in [0.2, 0.25) is 0 Å². The van der Waals surface area contributed by atoms with Crippen LogP contribution in [-0.2, 0) is 28.7 Å². The monoisotopic (exact) mass is 624 g/mol. The summed E-state index contributed by atoms with van der Waals surface area (Å²) in [4.78, 5) is 51.8. The van der Waals surface area contributed by atoms with E-state index in [-0.39, 0.29) is 43.0 Å². The van der Waals surface area contributed by atoms with Crippen LogP contribution in [0.3, 0.4) is 0 Å². The van der Waals surface area contributed by atoms with Crippen molar-refractivity contribution in [1.82, 2.24) is 0 Å². The number of hydrogen-bond donors (Lipinski definition) is 1. The van der Waals surface area contributed by atoms with Crippen molar-refractivity contribution < 1.29 is 38.1 Å². The molecule has 46 heavy (non-hydrogen) atoms. The summed E-state index contributed by atoms with van der Waals surface area (Å²) < 4.78 is 20.6. The van der Waals surface area contributed by atoms with Gasteiger partial charge in [-0.3, -0.25) is 9.59 Å². The second-order valence-corrected chi connectivity index (χ2v) is 10.4. The van der Waals surface area contributed by atoms with Crippen LogP contribution in [0.2, 0.25) is 0 Å². The lowest BCUT2D eigenvalue weighted by Crippen LogP contribution is -2.14. The molecule has 0 bridgehead atoms. The molecular weight excluding hydrogens is 588 g/mol. The van der Waals surface area contributed by atoms with Gasteiger partial charge in [-0.05, 0) is 91.1 Å². The highest BCUT2D eigenvalue weighted by Gasteiger charge is 2.12. The fraction of sp³-hybridized carbons (Fsp3) is 0.194. The van der Waals surface area contributed by atoms with Gasteiger partial charge in [0.15, 0.2) is 0 Å². The van der Waals surface area contributed by atoms with Crippen LogP contribution in [0.5, 0.6) is 11.5 Å². The number of hydrogen-bond acceptors (Lipinski definition) is 9. The third-order valence-electron chi connectivity index (χ3n) is 6.22. The highest BCUT2D eigenvalue weighted by Crippen LogP contribution is 2.33. The molecule has 3 rings (SSSR count). The van der Waals surface area contributed by atoms with Crippen LogP contribution in [0.4, 0.5) is 5.69 Å². The zero-order chi connectivity index (χ0) is 33.8. The van der Waals surface area contributed by atoms with E-state index in [0.717, 1.165) is 22.3 Å². The lowest BCUT2D eigenvalue weighted by molar-refractivity contribution is -0.144. The van der Waals surface area contributed by atoms with Crippen molar-refractivity contribution in [3.63, 3.8) is 0 Å². The van der Waals surface area contributed by atoms with Crippen molar-refractivity contribution in [3.8, 4) is 33.8 Å². The van der Waals surface area contributed by atoms with Crippen molar-refractivity contribution in [2.75, 3.05) is 13.2 Å². The summed E-state index contributed by atoms with van der Waals surface area (Å²) in [5.41, 5.74) is 11.1. The van der Waals surface area contributed by atoms with Gasteiger partial charge in [-0.1, -0.05) is 44.0 Å². The van der Waals surface area contributed by atoms with E-state index in [2.05, 4.69) is 24.7 Å². The van der Waals surface area contributed by atoms with Gasteiger partial charge < -0.3 is 24.7 Å². The highest BCUT2D eigenvalue weighted by molar-refractivity contribution is 5.98. The minimum atomic E-state index is -0.566. The molecule has 0 radical (unpaired) electrons. The van der Waals surface area contributed by atoms with Gasteiger partial charge in [0.1, 0.15) is 30.5 Å². The fourth-order valence-corrected chi connectivity index (χ4v) is 3.74. The number of rotatable bonds is 14. The number of esters is 4. The van der Waals surface area contributed by atoms with E-state index in [9.17, 15) is 19.2 Å². The fourth-order valence-electron chi connectivity index (χ4n) is 3.74. The molecule has 0 unspecified atom stereocenters. The van der Waals surface area contributed by atoms with E-state index in [4.69, 9.17) is 24.7 Å². The first-order valence-corrected chi connectivity index (χ1v) is 14.2. The number of nitrogens with two attached hydrogens (primary N) is 1. The Balaban J connectivity index is 1.77. The van der Waals surface area contributed by atoms with Crippen LogP contribution < -0.4 is 15.2 Å². The van der Waals surface area contributed by atoms with Crippen LogP contribution in [0.25, 0.3) is 22.3 Å². The molecule has 2 N–H and O–H groups in total. The molecule has 10 heteroatoms. The Hall–Kier alpha value is -5.77. The summed E-state index contributed by atoms with van der Waals surface area (Å²) in [6, 6.07) is 19.5. The molecule has 0 amide bonds. The predicted octanol–water partition coefficient (Wildman–Crippen LogP) is 6.42. The molecule has 0 aliphatic heterocycles. The Morgan fingerprint density at radius 1 is 0.609 bits per heavy atom. The first kappa shape index (κ1) is 34.7. The van der Waals surface area contributed by atoms with E-state index in [1.807, 2.05) is 18.2 Å². The largest absolute Gasteiger partial charge is 0.462 e. The summed E-state index contributed by atoms with van der Waals surface area (Å²) in [5.74, 6) is -1.27. The molecule has 0 aliphatic carbocycles. The average Bonchev–Trinajstić information content (AvgIpc) is 3.01. The van der Waals surface area contributed by atoms with Crippen molar-refractivity contribution in [2.45, 2.75) is 33.6 Å². The van der Waals surface area contributed by atoms with Crippen molar-refractivity contribution in [3.05, 3.63) is 103 Å². The topological polar surface area (TPSA) is 144 Å². The molecular formula is C36H36N2O8. The van der Waals surface area contributed by atoms with E-state index in [1.165, 1.54) is 13.8 Å². The number of aliphatic imine (C=N–C) groups is 1. The summed E-state index contributed by atoms with van der Waals surface area (Å²) >= 11 is 0. The van der Waals surface area contributed by atoms with Crippen LogP contribution in [-0.4, -0.2) is 42.9 Å². The molecule has 0 saturated heterocycles. The smallest absolute Gasteiger partial charge is 0.333 e. The number of ether oxygens (including phenoxy) is 4. The van der Waals surface area contributed by atoms with E-state index >= 15 is 0 Å².